The Morgan fingerprint density at radius 1 is 1.17 bits per heavy atom. The molecule has 2 N–H and O–H groups in total. The summed E-state index contributed by atoms with van der Waals surface area (Å²) >= 11 is 0. The first-order valence-electron chi connectivity index (χ1n) is 9.68. The first-order chi connectivity index (χ1) is 14.2. The van der Waals surface area contributed by atoms with E-state index in [2.05, 4.69) is 20.6 Å². The topological polar surface area (TPSA) is 77.0 Å². The molecule has 2 aromatic rings. The van der Waals surface area contributed by atoms with E-state index in [0.29, 0.717) is 38.1 Å². The second-order valence-electron chi connectivity index (χ2n) is 6.14. The lowest BCUT2D eigenvalue weighted by Gasteiger charge is -2.12. The molecule has 0 saturated heterocycles. The second-order valence-corrected chi connectivity index (χ2v) is 6.14. The summed E-state index contributed by atoms with van der Waals surface area (Å²) in [5.74, 6) is 0.888. The highest BCUT2D eigenvalue weighted by atomic mass is 127. The summed E-state index contributed by atoms with van der Waals surface area (Å²) in [6.07, 6.45) is 4.02. The maximum Gasteiger partial charge on any atom is 0.191 e. The number of guanidine groups is 1. The molecule has 2 rings (SSSR count). The molecule has 0 aliphatic heterocycles. The van der Waals surface area contributed by atoms with Gasteiger partial charge in [0.1, 0.15) is 5.75 Å². The van der Waals surface area contributed by atoms with Gasteiger partial charge in [0.25, 0.3) is 0 Å². The van der Waals surface area contributed by atoms with Crippen LogP contribution in [-0.4, -0.2) is 51.0 Å². The van der Waals surface area contributed by atoms with Gasteiger partial charge in [-0.15, -0.1) is 24.0 Å². The molecule has 0 unspecified atom stereocenters. The molecule has 0 atom stereocenters. The number of ether oxygens (including phenoxy) is 3. The minimum Gasteiger partial charge on any atom is -0.453 e. The molecule has 0 amide bonds. The van der Waals surface area contributed by atoms with E-state index >= 15 is 0 Å². The lowest BCUT2D eigenvalue weighted by Crippen LogP contribution is -2.38. The maximum atomic E-state index is 14.3. The molecule has 166 valence electrons. The van der Waals surface area contributed by atoms with Crippen molar-refractivity contribution < 1.29 is 18.6 Å². The van der Waals surface area contributed by atoms with E-state index in [0.717, 1.165) is 25.1 Å². The third-order valence-corrected chi connectivity index (χ3v) is 3.81. The highest BCUT2D eigenvalue weighted by Crippen LogP contribution is 2.24. The molecular weight excluding hydrogens is 502 g/mol. The van der Waals surface area contributed by atoms with Crippen LogP contribution in [0, 0.1) is 5.82 Å². The van der Waals surface area contributed by atoms with E-state index in [9.17, 15) is 4.39 Å². The maximum absolute atomic E-state index is 14.3. The minimum absolute atomic E-state index is 0. The number of pyridine rings is 1. The number of hydrogen-bond acceptors (Lipinski definition) is 5. The number of rotatable bonds is 12. The molecule has 0 saturated carbocycles. The molecule has 1 heterocycles. The SMILES string of the molecule is CCNC(=NCc1ccc(Oc2cccnc2)c(F)c1)NCCCOCCOC.I. The molecule has 1 aromatic carbocycles. The summed E-state index contributed by atoms with van der Waals surface area (Å²) in [5.41, 5.74) is 0.751. The lowest BCUT2D eigenvalue weighted by molar-refractivity contribution is 0.0698. The number of nitrogens with one attached hydrogen (secondary N) is 2. The van der Waals surface area contributed by atoms with Gasteiger partial charge in [0, 0.05) is 33.0 Å². The molecule has 0 aliphatic carbocycles. The summed E-state index contributed by atoms with van der Waals surface area (Å²) in [6.45, 7) is 5.66. The van der Waals surface area contributed by atoms with Gasteiger partial charge in [-0.25, -0.2) is 9.38 Å². The van der Waals surface area contributed by atoms with Crippen molar-refractivity contribution in [3.05, 3.63) is 54.1 Å². The highest BCUT2D eigenvalue weighted by Gasteiger charge is 2.07. The van der Waals surface area contributed by atoms with E-state index < -0.39 is 5.82 Å². The Balaban J connectivity index is 0.00000450. The third kappa shape index (κ3) is 10.2. The Labute approximate surface area is 194 Å². The fraction of sp³-hybridized carbons (Fsp3) is 0.429. The first-order valence-corrected chi connectivity index (χ1v) is 9.68. The predicted octanol–water partition coefficient (Wildman–Crippen LogP) is 3.74. The van der Waals surface area contributed by atoms with Crippen molar-refractivity contribution in [3.8, 4) is 11.5 Å². The highest BCUT2D eigenvalue weighted by molar-refractivity contribution is 14.0. The molecule has 0 spiro atoms. The molecule has 7 nitrogen and oxygen atoms in total. The Bertz CT molecular complexity index is 750. The average Bonchev–Trinajstić information content (AvgIpc) is 2.74. The molecule has 0 radical (unpaired) electrons. The predicted molar refractivity (Wildman–Crippen MR) is 126 cm³/mol. The Hall–Kier alpha value is -1.98. The number of nitrogens with zero attached hydrogens (tertiary/aromatic N) is 2. The normalized spacial score (nSPS) is 11.0. The molecule has 0 aliphatic rings. The summed E-state index contributed by atoms with van der Waals surface area (Å²) in [5, 5.41) is 6.42. The van der Waals surface area contributed by atoms with Crippen LogP contribution in [0.5, 0.6) is 11.5 Å². The average molecular weight is 532 g/mol. The van der Waals surface area contributed by atoms with E-state index in [1.54, 1.807) is 37.6 Å². The molecule has 9 heteroatoms. The van der Waals surface area contributed by atoms with Crippen LogP contribution >= 0.6 is 24.0 Å². The van der Waals surface area contributed by atoms with Gasteiger partial charge < -0.3 is 24.8 Å². The van der Waals surface area contributed by atoms with Crippen molar-refractivity contribution >= 4 is 29.9 Å². The lowest BCUT2D eigenvalue weighted by atomic mass is 10.2. The molecule has 0 fully saturated rings. The van der Waals surface area contributed by atoms with E-state index in [1.165, 1.54) is 12.3 Å². The Morgan fingerprint density at radius 2 is 2.03 bits per heavy atom. The van der Waals surface area contributed by atoms with Crippen molar-refractivity contribution in [1.82, 2.24) is 15.6 Å². The van der Waals surface area contributed by atoms with Gasteiger partial charge in [0.05, 0.1) is 26.0 Å². The Morgan fingerprint density at radius 3 is 2.73 bits per heavy atom. The van der Waals surface area contributed by atoms with Crippen LogP contribution in [0.25, 0.3) is 0 Å². The van der Waals surface area contributed by atoms with Crippen LogP contribution in [0.1, 0.15) is 18.9 Å². The fourth-order valence-electron chi connectivity index (χ4n) is 2.40. The fourth-order valence-corrected chi connectivity index (χ4v) is 2.40. The van der Waals surface area contributed by atoms with Gasteiger partial charge in [-0.2, -0.15) is 0 Å². The summed E-state index contributed by atoms with van der Waals surface area (Å²) < 4.78 is 30.2. The van der Waals surface area contributed by atoms with Crippen LogP contribution in [0.4, 0.5) is 4.39 Å². The number of aliphatic imine (C=N–C) groups is 1. The number of hydrogen-bond donors (Lipinski definition) is 2. The van der Waals surface area contributed by atoms with Crippen LogP contribution in [0.3, 0.4) is 0 Å². The number of methoxy groups -OCH3 is 1. The molecule has 1 aromatic heterocycles. The van der Waals surface area contributed by atoms with Crippen LogP contribution in [0.2, 0.25) is 0 Å². The smallest absolute Gasteiger partial charge is 0.191 e. The first kappa shape index (κ1) is 26.1. The van der Waals surface area contributed by atoms with Crippen LogP contribution in [0.15, 0.2) is 47.7 Å². The van der Waals surface area contributed by atoms with Crippen LogP contribution in [-0.2, 0) is 16.0 Å². The third-order valence-electron chi connectivity index (χ3n) is 3.81. The quantitative estimate of drug-likeness (QED) is 0.188. The van der Waals surface area contributed by atoms with Crippen LogP contribution < -0.4 is 15.4 Å². The second kappa shape index (κ2) is 15.8. The Kier molecular flexibility index (Phi) is 13.7. The van der Waals surface area contributed by atoms with Gasteiger partial charge in [0.2, 0.25) is 0 Å². The van der Waals surface area contributed by atoms with Gasteiger partial charge in [-0.05, 0) is 43.2 Å². The van der Waals surface area contributed by atoms with Gasteiger partial charge in [0.15, 0.2) is 17.5 Å². The zero-order chi connectivity index (χ0) is 20.7. The zero-order valence-electron chi connectivity index (χ0n) is 17.4. The zero-order valence-corrected chi connectivity index (χ0v) is 19.7. The van der Waals surface area contributed by atoms with Crippen molar-refractivity contribution in [2.45, 2.75) is 19.9 Å². The number of aromatic nitrogens is 1. The standard InChI is InChI=1S/C21H29FN4O3.HI/c1-3-24-21(25-10-5-11-28-13-12-27-2)26-15-17-7-8-20(19(22)14-17)29-18-6-4-9-23-16-18;/h4,6-9,14,16H,3,5,10-13,15H2,1-2H3,(H2,24,25,26);1H. The van der Waals surface area contributed by atoms with E-state index in [-0.39, 0.29) is 29.7 Å². The van der Waals surface area contributed by atoms with Crippen molar-refractivity contribution in [2.75, 3.05) is 40.0 Å². The summed E-state index contributed by atoms with van der Waals surface area (Å²) in [7, 11) is 1.65. The summed E-state index contributed by atoms with van der Waals surface area (Å²) in [6, 6.07) is 8.29. The monoisotopic (exact) mass is 532 g/mol. The van der Waals surface area contributed by atoms with E-state index in [1.807, 2.05) is 6.92 Å². The minimum atomic E-state index is -0.437. The van der Waals surface area contributed by atoms with Crippen molar-refractivity contribution in [2.24, 2.45) is 4.99 Å². The van der Waals surface area contributed by atoms with E-state index in [4.69, 9.17) is 14.2 Å². The van der Waals surface area contributed by atoms with Crippen molar-refractivity contribution in [3.63, 3.8) is 0 Å². The number of halogens is 2. The largest absolute Gasteiger partial charge is 0.453 e. The van der Waals surface area contributed by atoms with Crippen molar-refractivity contribution in [1.29, 1.82) is 0 Å². The summed E-state index contributed by atoms with van der Waals surface area (Å²) in [4.78, 5) is 8.45. The van der Waals surface area contributed by atoms with Gasteiger partial charge in [-0.3, -0.25) is 4.98 Å². The molecule has 0 bridgehead atoms. The molecule has 30 heavy (non-hydrogen) atoms. The van der Waals surface area contributed by atoms with Gasteiger partial charge >= 0.3 is 0 Å². The molecular formula is C21H30FIN4O3. The number of benzene rings is 1. The van der Waals surface area contributed by atoms with Gasteiger partial charge in [-0.1, -0.05) is 6.07 Å².